The Morgan fingerprint density at radius 1 is 1.12 bits per heavy atom. The van der Waals surface area contributed by atoms with Crippen LogP contribution in [0.1, 0.15) is 5.56 Å². The Kier molecular flexibility index (Phi) is 7.99. The maximum atomic E-state index is 13.4. The molecule has 3 aromatic rings. The molecule has 0 atom stereocenters. The second-order valence-electron chi connectivity index (χ2n) is 7.70. The van der Waals surface area contributed by atoms with Crippen molar-refractivity contribution in [2.24, 2.45) is 0 Å². The van der Waals surface area contributed by atoms with Gasteiger partial charge in [-0.2, -0.15) is 0 Å². The smallest absolute Gasteiger partial charge is 0.252 e. The third-order valence-electron chi connectivity index (χ3n) is 5.63. The first-order valence-electron chi connectivity index (χ1n) is 11.1. The van der Waals surface area contributed by atoms with Crippen molar-refractivity contribution in [3.63, 3.8) is 0 Å². The third-order valence-corrected chi connectivity index (χ3v) is 6.69. The number of hydrogen-bond acceptors (Lipinski definition) is 8. The summed E-state index contributed by atoms with van der Waals surface area (Å²) in [5.41, 5.74) is 1.65. The minimum absolute atomic E-state index is 0.138. The fraction of sp³-hybridized carbons (Fsp3) is 0.360. The van der Waals surface area contributed by atoms with Gasteiger partial charge in [0.05, 0.1) is 44.8 Å². The van der Waals surface area contributed by atoms with Crippen LogP contribution in [0.4, 0.5) is 5.13 Å². The van der Waals surface area contributed by atoms with E-state index in [0.717, 1.165) is 48.6 Å². The van der Waals surface area contributed by atoms with Crippen LogP contribution in [0.15, 0.2) is 42.5 Å². The molecule has 1 fully saturated rings. The number of nitrogens with zero attached hydrogens (tertiary/aromatic N) is 3. The summed E-state index contributed by atoms with van der Waals surface area (Å²) in [5.74, 6) is 1.43. The van der Waals surface area contributed by atoms with Crippen LogP contribution >= 0.6 is 11.3 Å². The SMILES string of the molecule is COc1cc(/C=C/C(=O)N(CCN2CCOCC2)c2nc3ccccc3s2)cc(OC)c1OC. The van der Waals surface area contributed by atoms with Gasteiger partial charge in [-0.1, -0.05) is 23.5 Å². The number of carbonyl (C=O) groups is 1. The Hall–Kier alpha value is -3.14. The molecule has 1 amide bonds. The molecule has 0 N–H and O–H groups in total. The molecule has 4 rings (SSSR count). The first-order valence-corrected chi connectivity index (χ1v) is 11.9. The molecule has 0 saturated carbocycles. The van der Waals surface area contributed by atoms with Crippen molar-refractivity contribution < 1.29 is 23.7 Å². The second kappa shape index (κ2) is 11.3. The van der Waals surface area contributed by atoms with Crippen molar-refractivity contribution in [1.29, 1.82) is 0 Å². The van der Waals surface area contributed by atoms with E-state index in [0.29, 0.717) is 28.9 Å². The van der Waals surface area contributed by atoms with Gasteiger partial charge in [0.1, 0.15) is 0 Å². The van der Waals surface area contributed by atoms with Crippen LogP contribution in [-0.2, 0) is 9.53 Å². The van der Waals surface area contributed by atoms with Crippen molar-refractivity contribution >= 4 is 38.7 Å². The minimum atomic E-state index is -0.138. The molecule has 1 aromatic heterocycles. The van der Waals surface area contributed by atoms with Crippen LogP contribution in [0.3, 0.4) is 0 Å². The van der Waals surface area contributed by atoms with Crippen LogP contribution in [0.5, 0.6) is 17.2 Å². The Balaban J connectivity index is 1.58. The molecule has 2 heterocycles. The van der Waals surface area contributed by atoms with Crippen molar-refractivity contribution in [3.05, 3.63) is 48.0 Å². The van der Waals surface area contributed by atoms with Gasteiger partial charge >= 0.3 is 0 Å². The fourth-order valence-electron chi connectivity index (χ4n) is 3.80. The predicted octanol–water partition coefficient (Wildman–Crippen LogP) is 3.70. The number of hydrogen-bond donors (Lipinski definition) is 0. The van der Waals surface area contributed by atoms with Gasteiger partial charge in [-0.05, 0) is 35.9 Å². The number of amides is 1. The summed E-state index contributed by atoms with van der Waals surface area (Å²) < 4.78 is 22.7. The largest absolute Gasteiger partial charge is 0.493 e. The number of fused-ring (bicyclic) bond motifs is 1. The molecule has 0 bridgehead atoms. The van der Waals surface area contributed by atoms with Crippen LogP contribution in [-0.4, -0.2) is 76.5 Å². The molecular formula is C25H29N3O5S. The Labute approximate surface area is 203 Å². The predicted molar refractivity (Wildman–Crippen MR) is 134 cm³/mol. The zero-order valence-electron chi connectivity index (χ0n) is 19.7. The minimum Gasteiger partial charge on any atom is -0.493 e. The van der Waals surface area contributed by atoms with Crippen molar-refractivity contribution in [2.75, 3.05) is 65.6 Å². The first kappa shape index (κ1) is 24.0. The lowest BCUT2D eigenvalue weighted by Crippen LogP contribution is -2.42. The van der Waals surface area contributed by atoms with Gasteiger partial charge in [-0.15, -0.1) is 0 Å². The number of ether oxygens (including phenoxy) is 4. The summed E-state index contributed by atoms with van der Waals surface area (Å²) in [6.45, 7) is 4.46. The quantitative estimate of drug-likeness (QED) is 0.430. The summed E-state index contributed by atoms with van der Waals surface area (Å²) in [5, 5.41) is 0.689. The standard InChI is InChI=1S/C25H29N3O5S/c1-30-20-16-18(17-21(31-2)24(20)32-3)8-9-23(29)28(11-10-27-12-14-33-15-13-27)25-26-19-6-4-5-7-22(19)34-25/h4-9,16-17H,10-15H2,1-3H3/b9-8+. The van der Waals surface area contributed by atoms with Crippen molar-refractivity contribution in [1.82, 2.24) is 9.88 Å². The molecule has 9 heteroatoms. The number of rotatable bonds is 9. The summed E-state index contributed by atoms with van der Waals surface area (Å²) in [6.07, 6.45) is 3.31. The highest BCUT2D eigenvalue weighted by Crippen LogP contribution is 2.38. The molecule has 0 spiro atoms. The summed E-state index contributed by atoms with van der Waals surface area (Å²) in [7, 11) is 4.69. The van der Waals surface area contributed by atoms with E-state index in [2.05, 4.69) is 4.90 Å². The van der Waals surface area contributed by atoms with E-state index < -0.39 is 0 Å². The number of aromatic nitrogens is 1. The van der Waals surface area contributed by atoms with Crippen molar-refractivity contribution in [3.8, 4) is 17.2 Å². The maximum absolute atomic E-state index is 13.4. The Morgan fingerprint density at radius 2 is 1.82 bits per heavy atom. The molecule has 8 nitrogen and oxygen atoms in total. The van der Waals surface area contributed by atoms with E-state index in [1.54, 1.807) is 50.5 Å². The molecule has 0 aliphatic carbocycles. The maximum Gasteiger partial charge on any atom is 0.252 e. The molecule has 0 unspecified atom stereocenters. The normalized spacial score (nSPS) is 14.4. The molecule has 180 valence electrons. The summed E-state index contributed by atoms with van der Waals surface area (Å²) in [6, 6.07) is 11.5. The molecule has 34 heavy (non-hydrogen) atoms. The molecular weight excluding hydrogens is 454 g/mol. The fourth-order valence-corrected chi connectivity index (χ4v) is 4.79. The van der Waals surface area contributed by atoms with Gasteiger partial charge in [0, 0.05) is 32.3 Å². The van der Waals surface area contributed by atoms with E-state index >= 15 is 0 Å². The third kappa shape index (κ3) is 5.49. The van der Waals surface area contributed by atoms with E-state index in [4.69, 9.17) is 23.9 Å². The monoisotopic (exact) mass is 483 g/mol. The summed E-state index contributed by atoms with van der Waals surface area (Å²) >= 11 is 1.52. The zero-order valence-corrected chi connectivity index (χ0v) is 20.5. The molecule has 0 radical (unpaired) electrons. The van der Waals surface area contributed by atoms with Crippen LogP contribution < -0.4 is 19.1 Å². The number of anilines is 1. The topological polar surface area (TPSA) is 73.4 Å². The number of carbonyl (C=O) groups excluding carboxylic acids is 1. The number of para-hydroxylation sites is 1. The average Bonchev–Trinajstić information content (AvgIpc) is 3.31. The Bertz CT molecular complexity index is 1100. The molecule has 1 aliphatic rings. The van der Waals surface area contributed by atoms with Gasteiger partial charge in [0.2, 0.25) is 5.75 Å². The van der Waals surface area contributed by atoms with Crippen molar-refractivity contribution in [2.45, 2.75) is 0 Å². The highest BCUT2D eigenvalue weighted by Gasteiger charge is 2.20. The summed E-state index contributed by atoms with van der Waals surface area (Å²) in [4.78, 5) is 22.1. The number of thiazole rings is 1. The second-order valence-corrected chi connectivity index (χ2v) is 8.71. The van der Waals surface area contributed by atoms with E-state index in [1.807, 2.05) is 24.3 Å². The van der Waals surface area contributed by atoms with Gasteiger partial charge < -0.3 is 18.9 Å². The zero-order chi connectivity index (χ0) is 23.9. The lowest BCUT2D eigenvalue weighted by atomic mass is 10.1. The van der Waals surface area contributed by atoms with Crippen LogP contribution in [0, 0.1) is 0 Å². The molecule has 2 aromatic carbocycles. The van der Waals surface area contributed by atoms with E-state index in [1.165, 1.54) is 11.3 Å². The van der Waals surface area contributed by atoms with Crippen LogP contribution in [0.2, 0.25) is 0 Å². The molecule has 1 saturated heterocycles. The van der Waals surface area contributed by atoms with E-state index in [-0.39, 0.29) is 5.91 Å². The van der Waals surface area contributed by atoms with E-state index in [9.17, 15) is 4.79 Å². The van der Waals surface area contributed by atoms with Gasteiger partial charge in [-0.25, -0.2) is 4.98 Å². The molecule has 1 aliphatic heterocycles. The number of morpholine rings is 1. The highest BCUT2D eigenvalue weighted by molar-refractivity contribution is 7.22. The number of benzene rings is 2. The van der Waals surface area contributed by atoms with Gasteiger partial charge in [-0.3, -0.25) is 14.6 Å². The Morgan fingerprint density at radius 3 is 2.47 bits per heavy atom. The number of methoxy groups -OCH3 is 3. The average molecular weight is 484 g/mol. The highest BCUT2D eigenvalue weighted by atomic mass is 32.1. The lowest BCUT2D eigenvalue weighted by molar-refractivity contribution is -0.114. The van der Waals surface area contributed by atoms with Gasteiger partial charge in [0.25, 0.3) is 5.91 Å². The lowest BCUT2D eigenvalue weighted by Gasteiger charge is -2.28. The first-order chi connectivity index (χ1) is 16.6. The van der Waals surface area contributed by atoms with Gasteiger partial charge in [0.15, 0.2) is 16.6 Å². The van der Waals surface area contributed by atoms with Crippen LogP contribution in [0.25, 0.3) is 16.3 Å².